The Hall–Kier alpha value is -2.50. The van der Waals surface area contributed by atoms with Gasteiger partial charge in [0.15, 0.2) is 0 Å². The molecule has 4 aromatic rings. The number of pyridine rings is 1. The Bertz CT molecular complexity index is 1050. The molecule has 0 radical (unpaired) electrons. The van der Waals surface area contributed by atoms with Crippen molar-refractivity contribution in [1.82, 2.24) is 9.55 Å². The van der Waals surface area contributed by atoms with Gasteiger partial charge >= 0.3 is 0 Å². The predicted octanol–water partition coefficient (Wildman–Crippen LogP) is 3.27. The molecule has 1 N–H and O–H groups in total. The number of aromatic nitrogens is 2. The average molecular weight is 322 g/mol. The van der Waals surface area contributed by atoms with Crippen molar-refractivity contribution >= 4 is 32.5 Å². The van der Waals surface area contributed by atoms with E-state index in [4.69, 9.17) is 4.98 Å². The molecule has 4 rings (SSSR count). The molecule has 0 unspecified atom stereocenters. The Morgan fingerprint density at radius 3 is 2.43 bits per heavy atom. The Balaban J connectivity index is 2.11. The minimum atomic E-state index is -0.0783. The summed E-state index contributed by atoms with van der Waals surface area (Å²) < 4.78 is 1.63. The summed E-state index contributed by atoms with van der Waals surface area (Å²) in [7, 11) is 0. The second kappa shape index (κ2) is 5.61. The summed E-state index contributed by atoms with van der Waals surface area (Å²) in [6.45, 7) is 0.197. The zero-order valence-corrected chi connectivity index (χ0v) is 13.1. The Morgan fingerprint density at radius 1 is 1.00 bits per heavy atom. The van der Waals surface area contributed by atoms with Crippen molar-refractivity contribution in [3.63, 3.8) is 0 Å². The third kappa shape index (κ3) is 2.25. The van der Waals surface area contributed by atoms with Gasteiger partial charge in [-0.2, -0.15) is 0 Å². The van der Waals surface area contributed by atoms with E-state index in [9.17, 15) is 9.90 Å². The zero-order valence-electron chi connectivity index (χ0n) is 12.3. The molecule has 0 spiro atoms. The van der Waals surface area contributed by atoms with Crippen molar-refractivity contribution in [3.05, 3.63) is 65.0 Å². The van der Waals surface area contributed by atoms with E-state index < -0.39 is 0 Å². The van der Waals surface area contributed by atoms with Gasteiger partial charge < -0.3 is 5.11 Å². The van der Waals surface area contributed by atoms with Crippen molar-refractivity contribution in [2.75, 3.05) is 6.61 Å². The molecule has 0 aliphatic heterocycles. The van der Waals surface area contributed by atoms with Crippen LogP contribution in [0.3, 0.4) is 0 Å². The molecule has 2 aromatic heterocycles. The lowest BCUT2D eigenvalue weighted by atomic mass is 10.1. The zero-order chi connectivity index (χ0) is 15.8. The molecular weight excluding hydrogens is 308 g/mol. The first-order valence-electron chi connectivity index (χ1n) is 7.38. The van der Waals surface area contributed by atoms with Crippen LogP contribution in [0, 0.1) is 0 Å². The molecule has 0 saturated carbocycles. The molecule has 0 amide bonds. The second-order valence-corrected chi connectivity index (χ2v) is 6.24. The standard InChI is InChI=1S/C18H14N2O2S/c21-11-10-20-17(22)14-9-5-4-8-13(14)15-18(20)23-16(19-15)12-6-2-1-3-7-12/h1-9,21H,10-11H2. The fourth-order valence-electron chi connectivity index (χ4n) is 2.79. The van der Waals surface area contributed by atoms with E-state index in [0.29, 0.717) is 5.39 Å². The van der Waals surface area contributed by atoms with E-state index in [-0.39, 0.29) is 18.7 Å². The van der Waals surface area contributed by atoms with E-state index in [1.165, 1.54) is 11.3 Å². The summed E-state index contributed by atoms with van der Waals surface area (Å²) in [4.78, 5) is 18.3. The van der Waals surface area contributed by atoms with Gasteiger partial charge in [0.1, 0.15) is 15.4 Å². The summed E-state index contributed by atoms with van der Waals surface area (Å²) >= 11 is 1.49. The van der Waals surface area contributed by atoms with E-state index in [0.717, 1.165) is 26.3 Å². The molecule has 4 nitrogen and oxygen atoms in total. The van der Waals surface area contributed by atoms with Crippen molar-refractivity contribution in [2.45, 2.75) is 6.54 Å². The first kappa shape index (κ1) is 14.1. The first-order valence-corrected chi connectivity index (χ1v) is 8.19. The van der Waals surface area contributed by atoms with Crippen LogP contribution in [0.2, 0.25) is 0 Å². The highest BCUT2D eigenvalue weighted by molar-refractivity contribution is 7.21. The van der Waals surface area contributed by atoms with Crippen LogP contribution in [0.4, 0.5) is 0 Å². The van der Waals surface area contributed by atoms with Gasteiger partial charge in [0.05, 0.1) is 13.2 Å². The fraction of sp³-hybridized carbons (Fsp3) is 0.111. The summed E-state index contributed by atoms with van der Waals surface area (Å²) in [5.74, 6) is 0. The number of benzene rings is 2. The van der Waals surface area contributed by atoms with E-state index in [1.807, 2.05) is 54.6 Å². The predicted molar refractivity (Wildman–Crippen MR) is 93.9 cm³/mol. The van der Waals surface area contributed by atoms with Crippen LogP contribution in [-0.4, -0.2) is 21.3 Å². The maximum absolute atomic E-state index is 12.7. The van der Waals surface area contributed by atoms with Crippen LogP contribution >= 0.6 is 11.3 Å². The smallest absolute Gasteiger partial charge is 0.259 e. The van der Waals surface area contributed by atoms with Gasteiger partial charge in [-0.05, 0) is 6.07 Å². The molecule has 2 heterocycles. The van der Waals surface area contributed by atoms with Gasteiger partial charge in [0.25, 0.3) is 5.56 Å². The van der Waals surface area contributed by atoms with Gasteiger partial charge in [-0.25, -0.2) is 4.98 Å². The quantitative estimate of drug-likeness (QED) is 0.630. The van der Waals surface area contributed by atoms with Gasteiger partial charge in [-0.3, -0.25) is 9.36 Å². The average Bonchev–Trinajstić information content (AvgIpc) is 3.05. The highest BCUT2D eigenvalue weighted by atomic mass is 32.1. The second-order valence-electron chi connectivity index (χ2n) is 5.26. The normalized spacial score (nSPS) is 11.3. The Labute approximate surface area is 136 Å². The number of fused-ring (bicyclic) bond motifs is 3. The minimum Gasteiger partial charge on any atom is -0.395 e. The highest BCUT2D eigenvalue weighted by Crippen LogP contribution is 2.32. The molecule has 0 fully saturated rings. The fourth-order valence-corrected chi connectivity index (χ4v) is 3.90. The molecule has 2 aromatic carbocycles. The largest absolute Gasteiger partial charge is 0.395 e. The summed E-state index contributed by atoms with van der Waals surface area (Å²) in [5, 5.41) is 11.7. The first-order chi connectivity index (χ1) is 11.3. The number of nitrogens with zero attached hydrogens (tertiary/aromatic N) is 2. The molecule has 0 aliphatic rings. The molecule has 5 heteroatoms. The van der Waals surface area contributed by atoms with Crippen molar-refractivity contribution in [2.24, 2.45) is 0 Å². The number of aliphatic hydroxyl groups is 1. The number of aliphatic hydroxyl groups excluding tert-OH is 1. The van der Waals surface area contributed by atoms with Gasteiger partial charge in [0.2, 0.25) is 0 Å². The number of hydrogen-bond donors (Lipinski definition) is 1. The monoisotopic (exact) mass is 322 g/mol. The van der Waals surface area contributed by atoms with Crippen LogP contribution in [-0.2, 0) is 6.54 Å². The summed E-state index contributed by atoms with van der Waals surface area (Å²) in [6, 6.07) is 17.4. The maximum atomic E-state index is 12.7. The molecule has 0 bridgehead atoms. The van der Waals surface area contributed by atoms with Crippen molar-refractivity contribution in [1.29, 1.82) is 0 Å². The lowest BCUT2D eigenvalue weighted by Gasteiger charge is -2.07. The van der Waals surface area contributed by atoms with E-state index in [1.54, 1.807) is 4.57 Å². The third-order valence-corrected chi connectivity index (χ3v) is 4.98. The molecule has 23 heavy (non-hydrogen) atoms. The van der Waals surface area contributed by atoms with Crippen LogP contribution < -0.4 is 5.56 Å². The van der Waals surface area contributed by atoms with Crippen LogP contribution in [0.1, 0.15) is 0 Å². The topological polar surface area (TPSA) is 55.1 Å². The van der Waals surface area contributed by atoms with E-state index in [2.05, 4.69) is 0 Å². The van der Waals surface area contributed by atoms with Crippen LogP contribution in [0.25, 0.3) is 31.7 Å². The number of thiazole rings is 1. The molecule has 0 aliphatic carbocycles. The molecular formula is C18H14N2O2S. The molecule has 0 atom stereocenters. The van der Waals surface area contributed by atoms with E-state index >= 15 is 0 Å². The Morgan fingerprint density at radius 2 is 1.70 bits per heavy atom. The maximum Gasteiger partial charge on any atom is 0.259 e. The number of rotatable bonds is 3. The molecule has 0 saturated heterocycles. The van der Waals surface area contributed by atoms with Gasteiger partial charge in [-0.1, -0.05) is 59.9 Å². The summed E-state index contributed by atoms with van der Waals surface area (Å²) in [5.41, 5.74) is 1.77. The molecule has 114 valence electrons. The lowest BCUT2D eigenvalue weighted by Crippen LogP contribution is -2.21. The number of hydrogen-bond acceptors (Lipinski definition) is 4. The lowest BCUT2D eigenvalue weighted by molar-refractivity contribution is 0.277. The highest BCUT2D eigenvalue weighted by Gasteiger charge is 2.15. The summed E-state index contributed by atoms with van der Waals surface area (Å²) in [6.07, 6.45) is 0. The minimum absolute atomic E-state index is 0.0775. The third-order valence-electron chi connectivity index (χ3n) is 3.86. The van der Waals surface area contributed by atoms with Crippen molar-refractivity contribution in [3.8, 4) is 10.6 Å². The van der Waals surface area contributed by atoms with Crippen molar-refractivity contribution < 1.29 is 5.11 Å². The van der Waals surface area contributed by atoms with Gasteiger partial charge in [-0.15, -0.1) is 0 Å². The van der Waals surface area contributed by atoms with Gasteiger partial charge in [0, 0.05) is 16.3 Å². The Kier molecular flexibility index (Phi) is 3.44. The van der Waals surface area contributed by atoms with Crippen LogP contribution in [0.5, 0.6) is 0 Å². The van der Waals surface area contributed by atoms with Crippen LogP contribution in [0.15, 0.2) is 59.4 Å². The SMILES string of the molecule is O=c1c2ccccc2c2nc(-c3ccccc3)sc2n1CCO.